The molecule has 0 amide bonds. The molecule has 0 unspecified atom stereocenters. The zero-order valence-electron chi connectivity index (χ0n) is 11.0. The Hall–Kier alpha value is -3.42. The fourth-order valence-corrected chi connectivity index (χ4v) is 1.97. The number of aromatic carboxylic acids is 2. The maximum Gasteiger partial charge on any atom is 0.335 e. The molecule has 0 radical (unpaired) electrons. The van der Waals surface area contributed by atoms with Crippen molar-refractivity contribution >= 4 is 23.0 Å². The van der Waals surface area contributed by atoms with Crippen LogP contribution in [0.4, 0.5) is 0 Å². The average molecular weight is 299 g/mol. The maximum atomic E-state index is 11.0. The van der Waals surface area contributed by atoms with E-state index in [4.69, 9.17) is 10.2 Å². The molecule has 0 fully saturated rings. The van der Waals surface area contributed by atoms with Gasteiger partial charge in [-0.3, -0.25) is 0 Å². The summed E-state index contributed by atoms with van der Waals surface area (Å²) in [6.45, 7) is 0. The van der Waals surface area contributed by atoms with Crippen molar-refractivity contribution in [2.45, 2.75) is 0 Å². The smallest absolute Gasteiger partial charge is 0.335 e. The van der Waals surface area contributed by atoms with Crippen LogP contribution < -0.4 is 0 Å². The van der Waals surface area contributed by atoms with E-state index < -0.39 is 11.9 Å². The molecule has 3 N–H and O–H groups in total. The minimum Gasteiger partial charge on any atom is -0.506 e. The van der Waals surface area contributed by atoms with Gasteiger partial charge in [0.15, 0.2) is 0 Å². The van der Waals surface area contributed by atoms with Crippen LogP contribution in [0.5, 0.6) is 5.75 Å². The molecule has 3 rings (SSSR count). The van der Waals surface area contributed by atoms with Crippen LogP contribution in [0.15, 0.2) is 36.4 Å². The molecule has 1 heterocycles. The van der Waals surface area contributed by atoms with Gasteiger partial charge in [0.1, 0.15) is 22.5 Å². The van der Waals surface area contributed by atoms with Crippen molar-refractivity contribution in [3.63, 3.8) is 0 Å². The number of aromatic nitrogens is 3. The molecule has 2 aromatic carbocycles. The minimum absolute atomic E-state index is 0.0274. The normalized spacial score (nSPS) is 10.7. The van der Waals surface area contributed by atoms with E-state index in [2.05, 4.69) is 10.2 Å². The number of phenols is 1. The number of benzene rings is 2. The van der Waals surface area contributed by atoms with Gasteiger partial charge in [0.2, 0.25) is 0 Å². The fourth-order valence-electron chi connectivity index (χ4n) is 1.97. The molecule has 0 bridgehead atoms. The lowest BCUT2D eigenvalue weighted by atomic mass is 10.2. The summed E-state index contributed by atoms with van der Waals surface area (Å²) in [5, 5.41) is 36.0. The lowest BCUT2D eigenvalue weighted by Gasteiger charge is -2.03. The Morgan fingerprint density at radius 2 is 1.45 bits per heavy atom. The largest absolute Gasteiger partial charge is 0.506 e. The van der Waals surface area contributed by atoms with Crippen molar-refractivity contribution in [1.82, 2.24) is 15.0 Å². The van der Waals surface area contributed by atoms with Gasteiger partial charge in [-0.15, -0.1) is 15.0 Å². The van der Waals surface area contributed by atoms with Crippen molar-refractivity contribution < 1.29 is 24.9 Å². The van der Waals surface area contributed by atoms with Gasteiger partial charge in [0.25, 0.3) is 0 Å². The van der Waals surface area contributed by atoms with Crippen LogP contribution in [0, 0.1) is 0 Å². The van der Waals surface area contributed by atoms with Crippen molar-refractivity contribution in [3.05, 3.63) is 47.5 Å². The Balaban J connectivity index is 2.16. The molecule has 3 aromatic rings. The number of hydrogen-bond acceptors (Lipinski definition) is 5. The summed E-state index contributed by atoms with van der Waals surface area (Å²) in [6.07, 6.45) is 0. The highest BCUT2D eigenvalue weighted by Crippen LogP contribution is 2.23. The molecule has 0 atom stereocenters. The number of fused-ring (bicyclic) bond motifs is 1. The third-order valence-electron chi connectivity index (χ3n) is 3.07. The lowest BCUT2D eigenvalue weighted by molar-refractivity contribution is 0.0686. The number of hydrogen-bond donors (Lipinski definition) is 3. The number of phenolic OH excluding ortho intramolecular Hbond substituents is 1. The highest BCUT2D eigenvalue weighted by atomic mass is 16.4. The van der Waals surface area contributed by atoms with Crippen LogP contribution in [0.1, 0.15) is 20.7 Å². The molecule has 0 aliphatic rings. The Labute approximate surface area is 122 Å². The predicted molar refractivity (Wildman–Crippen MR) is 74.4 cm³/mol. The van der Waals surface area contributed by atoms with Gasteiger partial charge in [0, 0.05) is 0 Å². The first-order chi connectivity index (χ1) is 10.5. The molecule has 0 saturated heterocycles. The first-order valence-corrected chi connectivity index (χ1v) is 6.13. The van der Waals surface area contributed by atoms with Gasteiger partial charge in [-0.05, 0) is 36.4 Å². The number of aromatic hydroxyl groups is 1. The molecule has 22 heavy (non-hydrogen) atoms. The van der Waals surface area contributed by atoms with Crippen molar-refractivity contribution in [2.75, 3.05) is 0 Å². The van der Waals surface area contributed by atoms with Gasteiger partial charge in [-0.1, -0.05) is 0 Å². The van der Waals surface area contributed by atoms with Crippen molar-refractivity contribution in [2.24, 2.45) is 0 Å². The topological polar surface area (TPSA) is 126 Å². The van der Waals surface area contributed by atoms with E-state index in [1.807, 2.05) is 0 Å². The molecule has 0 aliphatic carbocycles. The summed E-state index contributed by atoms with van der Waals surface area (Å²) in [4.78, 5) is 23.0. The highest BCUT2D eigenvalue weighted by Gasteiger charge is 2.13. The zero-order chi connectivity index (χ0) is 15.9. The SMILES string of the molecule is O=C(O)c1ccc(O)c(-n2nc3ccc(C(=O)O)cc3n2)c1. The van der Waals surface area contributed by atoms with E-state index in [9.17, 15) is 14.7 Å². The summed E-state index contributed by atoms with van der Waals surface area (Å²) < 4.78 is 0. The predicted octanol–water partition coefficient (Wildman–Crippen LogP) is 1.52. The zero-order valence-corrected chi connectivity index (χ0v) is 11.0. The summed E-state index contributed by atoms with van der Waals surface area (Å²) in [5.41, 5.74) is 0.863. The first-order valence-electron chi connectivity index (χ1n) is 6.13. The van der Waals surface area contributed by atoms with E-state index in [-0.39, 0.29) is 22.6 Å². The lowest BCUT2D eigenvalue weighted by Crippen LogP contribution is -2.03. The molecule has 0 aliphatic heterocycles. The van der Waals surface area contributed by atoms with Gasteiger partial charge in [-0.2, -0.15) is 0 Å². The van der Waals surface area contributed by atoms with Crippen LogP contribution in [-0.2, 0) is 0 Å². The Bertz CT molecular complexity index is 916. The number of nitrogens with zero attached hydrogens (tertiary/aromatic N) is 3. The number of carboxylic acids is 2. The molecule has 0 saturated carbocycles. The van der Waals surface area contributed by atoms with Gasteiger partial charge >= 0.3 is 11.9 Å². The van der Waals surface area contributed by atoms with Gasteiger partial charge < -0.3 is 15.3 Å². The van der Waals surface area contributed by atoms with E-state index >= 15 is 0 Å². The monoisotopic (exact) mass is 299 g/mol. The molecule has 110 valence electrons. The third kappa shape index (κ3) is 2.22. The summed E-state index contributed by atoms with van der Waals surface area (Å²) in [5.74, 6) is -2.43. The summed E-state index contributed by atoms with van der Waals surface area (Å²) in [6, 6.07) is 7.94. The number of rotatable bonds is 3. The number of carboxylic acid groups (broad SMARTS) is 2. The van der Waals surface area contributed by atoms with Crippen LogP contribution in [-0.4, -0.2) is 42.3 Å². The number of carbonyl (C=O) groups is 2. The van der Waals surface area contributed by atoms with E-state index in [0.717, 1.165) is 4.80 Å². The van der Waals surface area contributed by atoms with Gasteiger partial charge in [-0.25, -0.2) is 9.59 Å². The molecule has 1 aromatic heterocycles. The Kier molecular flexibility index (Phi) is 2.99. The second-order valence-corrected chi connectivity index (χ2v) is 4.51. The van der Waals surface area contributed by atoms with Crippen LogP contribution in [0.25, 0.3) is 16.7 Å². The molecular weight excluding hydrogens is 290 g/mol. The highest BCUT2D eigenvalue weighted by molar-refractivity contribution is 5.92. The standard InChI is InChI=1S/C14H9N3O5/c18-12-4-2-8(14(21)22)6-11(12)17-15-9-3-1-7(13(19)20)5-10(9)16-17/h1-6,18H,(H,19,20)(H,21,22). The molecule has 8 heteroatoms. The van der Waals surface area contributed by atoms with Crippen LogP contribution in [0.3, 0.4) is 0 Å². The van der Waals surface area contributed by atoms with Crippen molar-refractivity contribution in [3.8, 4) is 11.4 Å². The van der Waals surface area contributed by atoms with Gasteiger partial charge in [0.05, 0.1) is 11.1 Å². The second-order valence-electron chi connectivity index (χ2n) is 4.51. The Morgan fingerprint density at radius 3 is 2.14 bits per heavy atom. The fraction of sp³-hybridized carbons (Fsp3) is 0. The Morgan fingerprint density at radius 1 is 0.864 bits per heavy atom. The molecule has 0 spiro atoms. The quantitative estimate of drug-likeness (QED) is 0.669. The minimum atomic E-state index is -1.15. The van der Waals surface area contributed by atoms with Crippen LogP contribution >= 0.6 is 0 Å². The summed E-state index contributed by atoms with van der Waals surface area (Å²) in [7, 11) is 0. The van der Waals surface area contributed by atoms with E-state index in [1.54, 1.807) is 0 Å². The summed E-state index contributed by atoms with van der Waals surface area (Å²) >= 11 is 0. The second kappa shape index (κ2) is 4.85. The van der Waals surface area contributed by atoms with E-state index in [0.29, 0.717) is 11.0 Å². The average Bonchev–Trinajstić information content (AvgIpc) is 2.89. The van der Waals surface area contributed by atoms with Crippen LogP contribution in [0.2, 0.25) is 0 Å². The third-order valence-corrected chi connectivity index (χ3v) is 3.07. The molecule has 8 nitrogen and oxygen atoms in total. The van der Waals surface area contributed by atoms with Crippen molar-refractivity contribution in [1.29, 1.82) is 0 Å². The first kappa shape index (κ1) is 13.6. The molecular formula is C14H9N3O5. The van der Waals surface area contributed by atoms with E-state index in [1.165, 1.54) is 36.4 Å². The maximum absolute atomic E-state index is 11.0.